The highest BCUT2D eigenvalue weighted by atomic mass is 16.6. The first kappa shape index (κ1) is 14.7. The first-order valence-electron chi connectivity index (χ1n) is 6.83. The number of hydrogen-bond donors (Lipinski definition) is 0. The summed E-state index contributed by atoms with van der Waals surface area (Å²) in [6, 6.07) is 7.72. The first-order valence-corrected chi connectivity index (χ1v) is 6.83. The largest absolute Gasteiger partial charge is 0.485 e. The van der Waals surface area contributed by atoms with Gasteiger partial charge >= 0.3 is 5.97 Å². The minimum absolute atomic E-state index is 0.190. The van der Waals surface area contributed by atoms with Crippen LogP contribution < -0.4 is 9.47 Å². The van der Waals surface area contributed by atoms with Crippen LogP contribution >= 0.6 is 0 Å². The van der Waals surface area contributed by atoms with E-state index >= 15 is 0 Å². The third kappa shape index (κ3) is 3.63. The lowest BCUT2D eigenvalue weighted by molar-refractivity contribution is -0.154. The van der Waals surface area contributed by atoms with Crippen LogP contribution in [0, 0.1) is 0 Å². The Balaban J connectivity index is 1.80. The van der Waals surface area contributed by atoms with Crippen LogP contribution in [0.1, 0.15) is 13.8 Å². The lowest BCUT2D eigenvalue weighted by atomic mass is 10.2. The molecule has 0 spiro atoms. The summed E-state index contributed by atoms with van der Waals surface area (Å²) in [5.41, 5.74) is 0. The van der Waals surface area contributed by atoms with Crippen LogP contribution in [0.5, 0.6) is 11.5 Å². The third-order valence-electron chi connectivity index (χ3n) is 3.34. The molecule has 5 nitrogen and oxygen atoms in total. The summed E-state index contributed by atoms with van der Waals surface area (Å²) in [7, 11) is 2.00. The molecule has 0 N–H and O–H groups in total. The minimum Gasteiger partial charge on any atom is -0.485 e. The van der Waals surface area contributed by atoms with Crippen molar-refractivity contribution in [3.8, 4) is 11.5 Å². The molecule has 0 saturated carbocycles. The van der Waals surface area contributed by atoms with Crippen LogP contribution in [0.15, 0.2) is 24.3 Å². The summed E-state index contributed by atoms with van der Waals surface area (Å²) in [5.74, 6) is 0.868. The second-order valence-corrected chi connectivity index (χ2v) is 5.11. The highest BCUT2D eigenvalue weighted by molar-refractivity contribution is 5.76. The molecule has 2 rings (SSSR count). The molecule has 0 unspecified atom stereocenters. The van der Waals surface area contributed by atoms with Gasteiger partial charge in [-0.25, -0.2) is 4.79 Å². The average Bonchev–Trinajstić information content (AvgIpc) is 2.46. The molecular weight excluding hydrogens is 258 g/mol. The summed E-state index contributed by atoms with van der Waals surface area (Å²) in [4.78, 5) is 14.0. The Morgan fingerprint density at radius 1 is 1.40 bits per heavy atom. The second kappa shape index (κ2) is 6.61. The van der Waals surface area contributed by atoms with Gasteiger partial charge in [-0.2, -0.15) is 0 Å². The molecule has 0 fully saturated rings. The number of carbonyl (C=O) groups excluding carboxylic acids is 1. The lowest BCUT2D eigenvalue weighted by Crippen LogP contribution is -2.39. The summed E-state index contributed by atoms with van der Waals surface area (Å²) in [6.45, 7) is 5.44. The molecule has 1 heterocycles. The normalized spacial score (nSPS) is 17.4. The van der Waals surface area contributed by atoms with Crippen molar-refractivity contribution in [1.82, 2.24) is 4.90 Å². The number of ether oxygens (including phenoxy) is 3. The van der Waals surface area contributed by atoms with E-state index in [0.29, 0.717) is 30.7 Å². The summed E-state index contributed by atoms with van der Waals surface area (Å²) in [6.07, 6.45) is -0.686. The summed E-state index contributed by atoms with van der Waals surface area (Å²) >= 11 is 0. The molecule has 0 saturated heterocycles. The zero-order valence-electron chi connectivity index (χ0n) is 12.2. The third-order valence-corrected chi connectivity index (χ3v) is 3.34. The number of hydrogen-bond acceptors (Lipinski definition) is 5. The molecule has 1 atom stereocenters. The Bertz CT molecular complexity index is 461. The fourth-order valence-electron chi connectivity index (χ4n) is 1.78. The molecule has 1 aromatic rings. The van der Waals surface area contributed by atoms with Crippen molar-refractivity contribution in [1.29, 1.82) is 0 Å². The van der Waals surface area contributed by atoms with Gasteiger partial charge < -0.3 is 19.1 Å². The molecule has 110 valence electrons. The van der Waals surface area contributed by atoms with Crippen LogP contribution in [0.4, 0.5) is 0 Å². The summed E-state index contributed by atoms with van der Waals surface area (Å²) in [5, 5.41) is 0. The van der Waals surface area contributed by atoms with E-state index in [4.69, 9.17) is 14.2 Å². The van der Waals surface area contributed by atoms with Gasteiger partial charge in [0.15, 0.2) is 11.5 Å². The molecule has 0 amide bonds. The molecule has 1 aromatic carbocycles. The number of rotatable bonds is 5. The van der Waals surface area contributed by atoms with Gasteiger partial charge in [0.2, 0.25) is 6.10 Å². The fourth-order valence-corrected chi connectivity index (χ4v) is 1.78. The van der Waals surface area contributed by atoms with Gasteiger partial charge in [-0.05, 0) is 33.0 Å². The number of fused-ring (bicyclic) bond motifs is 1. The van der Waals surface area contributed by atoms with E-state index in [1.807, 2.05) is 25.2 Å². The van der Waals surface area contributed by atoms with Crippen molar-refractivity contribution in [3.05, 3.63) is 24.3 Å². The Kier molecular flexibility index (Phi) is 4.84. The lowest BCUT2D eigenvalue weighted by Gasteiger charge is -2.25. The summed E-state index contributed by atoms with van der Waals surface area (Å²) < 4.78 is 16.3. The quantitative estimate of drug-likeness (QED) is 0.768. The Labute approximate surface area is 119 Å². The van der Waals surface area contributed by atoms with Gasteiger partial charge in [-0.15, -0.1) is 0 Å². The van der Waals surface area contributed by atoms with E-state index in [1.54, 1.807) is 6.07 Å². The van der Waals surface area contributed by atoms with Gasteiger partial charge in [-0.1, -0.05) is 12.1 Å². The van der Waals surface area contributed by atoms with Crippen molar-refractivity contribution in [2.75, 3.05) is 26.8 Å². The molecule has 5 heteroatoms. The van der Waals surface area contributed by atoms with Gasteiger partial charge in [0.05, 0.1) is 0 Å². The topological polar surface area (TPSA) is 48.0 Å². The maximum absolute atomic E-state index is 11.9. The maximum atomic E-state index is 11.9. The fraction of sp³-hybridized carbons (Fsp3) is 0.533. The molecule has 0 aliphatic carbocycles. The van der Waals surface area contributed by atoms with E-state index in [9.17, 15) is 4.79 Å². The van der Waals surface area contributed by atoms with Crippen LogP contribution in [0.2, 0.25) is 0 Å². The van der Waals surface area contributed by atoms with Gasteiger partial charge in [0, 0.05) is 12.6 Å². The van der Waals surface area contributed by atoms with Crippen molar-refractivity contribution in [2.45, 2.75) is 26.0 Å². The standard InChI is InChI=1S/C15H21NO4/c1-11(2)16(3)8-9-18-15(17)14-10-19-12-6-4-5-7-13(12)20-14/h4-7,11,14H,8-10H2,1-3H3/t14-/m1/s1. The molecule has 20 heavy (non-hydrogen) atoms. The predicted octanol–water partition coefficient (Wildman–Crippen LogP) is 1.71. The van der Waals surface area contributed by atoms with Crippen molar-refractivity contribution < 1.29 is 19.0 Å². The zero-order chi connectivity index (χ0) is 14.5. The number of likely N-dealkylation sites (N-methyl/N-ethyl adjacent to an activating group) is 1. The monoisotopic (exact) mass is 279 g/mol. The molecule has 1 aliphatic heterocycles. The highest BCUT2D eigenvalue weighted by Gasteiger charge is 2.28. The smallest absolute Gasteiger partial charge is 0.351 e. The van der Waals surface area contributed by atoms with E-state index in [1.165, 1.54) is 0 Å². The number of benzene rings is 1. The predicted molar refractivity (Wildman–Crippen MR) is 75.1 cm³/mol. The van der Waals surface area contributed by atoms with Gasteiger partial charge in [0.1, 0.15) is 13.2 Å². The molecular formula is C15H21NO4. The molecule has 0 aromatic heterocycles. The van der Waals surface area contributed by atoms with E-state index in [0.717, 1.165) is 0 Å². The minimum atomic E-state index is -0.686. The van der Waals surface area contributed by atoms with Crippen LogP contribution in [-0.4, -0.2) is 49.8 Å². The van der Waals surface area contributed by atoms with Crippen molar-refractivity contribution in [2.24, 2.45) is 0 Å². The highest BCUT2D eigenvalue weighted by Crippen LogP contribution is 2.31. The molecule has 0 bridgehead atoms. The number of nitrogens with zero attached hydrogens (tertiary/aromatic N) is 1. The van der Waals surface area contributed by atoms with Gasteiger partial charge in [-0.3, -0.25) is 0 Å². The Morgan fingerprint density at radius 3 is 2.80 bits per heavy atom. The van der Waals surface area contributed by atoms with Crippen LogP contribution in [-0.2, 0) is 9.53 Å². The van der Waals surface area contributed by atoms with E-state index < -0.39 is 6.10 Å². The number of carbonyl (C=O) groups is 1. The zero-order valence-corrected chi connectivity index (χ0v) is 12.2. The molecule has 1 aliphatic rings. The first-order chi connectivity index (χ1) is 9.58. The Hall–Kier alpha value is -1.75. The second-order valence-electron chi connectivity index (χ2n) is 5.11. The van der Waals surface area contributed by atoms with Crippen molar-refractivity contribution in [3.63, 3.8) is 0 Å². The van der Waals surface area contributed by atoms with E-state index in [2.05, 4.69) is 18.7 Å². The number of para-hydroxylation sites is 2. The van der Waals surface area contributed by atoms with Crippen LogP contribution in [0.3, 0.4) is 0 Å². The Morgan fingerprint density at radius 2 is 2.10 bits per heavy atom. The van der Waals surface area contributed by atoms with Gasteiger partial charge in [0.25, 0.3) is 0 Å². The molecule has 0 radical (unpaired) electrons. The SMILES string of the molecule is CC(C)N(C)CCOC(=O)[C@H]1COc2ccccc2O1. The van der Waals surface area contributed by atoms with E-state index in [-0.39, 0.29) is 12.6 Å². The maximum Gasteiger partial charge on any atom is 0.351 e. The van der Waals surface area contributed by atoms with Crippen molar-refractivity contribution >= 4 is 5.97 Å². The van der Waals surface area contributed by atoms with Crippen LogP contribution in [0.25, 0.3) is 0 Å². The average molecular weight is 279 g/mol. The number of esters is 1.